The summed E-state index contributed by atoms with van der Waals surface area (Å²) in [6.07, 6.45) is 3.11. The van der Waals surface area contributed by atoms with Crippen molar-refractivity contribution in [1.29, 1.82) is 0 Å². The normalized spacial score (nSPS) is 10.8. The zero-order valence-corrected chi connectivity index (χ0v) is 14.8. The molecule has 0 atom stereocenters. The summed E-state index contributed by atoms with van der Waals surface area (Å²) in [6.45, 7) is 0. The molecular weight excluding hydrogens is 364 g/mol. The van der Waals surface area contributed by atoms with Gasteiger partial charge in [-0.25, -0.2) is 4.98 Å². The number of nitrogens with two attached hydrogens (primary N) is 1. The van der Waals surface area contributed by atoms with Crippen molar-refractivity contribution in [2.75, 3.05) is 11.5 Å². The molecule has 3 heterocycles. The minimum atomic E-state index is -0.0433. The number of furan rings is 2. The molecule has 0 bridgehead atoms. The van der Waals surface area contributed by atoms with Gasteiger partial charge in [0.2, 0.25) is 5.16 Å². The number of rotatable bonds is 6. The first-order valence-electron chi connectivity index (χ1n) is 8.05. The van der Waals surface area contributed by atoms with Crippen LogP contribution in [0.3, 0.4) is 0 Å². The van der Waals surface area contributed by atoms with Gasteiger partial charge in [-0.1, -0.05) is 11.8 Å². The topological polar surface area (TPSA) is 108 Å². The van der Waals surface area contributed by atoms with E-state index >= 15 is 0 Å². The van der Waals surface area contributed by atoms with Crippen molar-refractivity contribution in [3.63, 3.8) is 0 Å². The molecule has 0 unspecified atom stereocenters. The summed E-state index contributed by atoms with van der Waals surface area (Å²) in [5, 5.41) is 8.71. The molecule has 27 heavy (non-hydrogen) atoms. The lowest BCUT2D eigenvalue weighted by Gasteiger charge is -2.05. The molecule has 4 aromatic rings. The van der Waals surface area contributed by atoms with Crippen LogP contribution < -0.4 is 5.73 Å². The van der Waals surface area contributed by atoms with Crippen LogP contribution in [0.25, 0.3) is 22.9 Å². The molecule has 0 aliphatic carbocycles. The Bertz CT molecular complexity index is 1050. The Morgan fingerprint density at radius 3 is 2.22 bits per heavy atom. The monoisotopic (exact) mass is 378 g/mol. The van der Waals surface area contributed by atoms with Crippen LogP contribution >= 0.6 is 11.8 Å². The van der Waals surface area contributed by atoms with E-state index in [0.717, 1.165) is 0 Å². The van der Waals surface area contributed by atoms with Gasteiger partial charge in [0.25, 0.3) is 0 Å². The fraction of sp³-hybridized carbons (Fsp3) is 0.0526. The average molecular weight is 378 g/mol. The number of carbonyl (C=O) groups excluding carboxylic acids is 1. The second-order valence-corrected chi connectivity index (χ2v) is 6.52. The van der Waals surface area contributed by atoms with Crippen LogP contribution in [0, 0.1) is 0 Å². The third-order valence-electron chi connectivity index (χ3n) is 3.74. The molecule has 0 saturated heterocycles. The van der Waals surface area contributed by atoms with Crippen molar-refractivity contribution < 1.29 is 13.6 Å². The Hall–Kier alpha value is -3.39. The minimum Gasteiger partial charge on any atom is -0.463 e. The number of aromatic nitrogens is 3. The van der Waals surface area contributed by atoms with Crippen LogP contribution in [-0.4, -0.2) is 26.7 Å². The highest BCUT2D eigenvalue weighted by molar-refractivity contribution is 7.99. The van der Waals surface area contributed by atoms with E-state index < -0.39 is 0 Å². The standard InChI is InChI=1S/C19H14N4O3S/c20-13-7-5-12(6-8-13)14(24)11-27-19-21-17(15-3-1-9-25-15)18(22-23-19)16-4-2-10-26-16/h1-10H,11,20H2. The number of anilines is 1. The Morgan fingerprint density at radius 1 is 0.926 bits per heavy atom. The maximum atomic E-state index is 12.3. The molecule has 134 valence electrons. The number of nitrogens with zero attached hydrogens (tertiary/aromatic N) is 3. The lowest BCUT2D eigenvalue weighted by atomic mass is 10.1. The first-order valence-corrected chi connectivity index (χ1v) is 9.03. The van der Waals surface area contributed by atoms with Crippen LogP contribution in [-0.2, 0) is 0 Å². The van der Waals surface area contributed by atoms with E-state index in [9.17, 15) is 4.79 Å². The summed E-state index contributed by atoms with van der Waals surface area (Å²) in [6, 6.07) is 13.9. The molecule has 0 aliphatic heterocycles. The number of hydrogen-bond acceptors (Lipinski definition) is 8. The zero-order chi connectivity index (χ0) is 18.6. The Morgan fingerprint density at radius 2 is 1.59 bits per heavy atom. The van der Waals surface area contributed by atoms with E-state index in [1.807, 2.05) is 0 Å². The maximum Gasteiger partial charge on any atom is 0.210 e. The first-order chi connectivity index (χ1) is 13.2. The van der Waals surface area contributed by atoms with E-state index in [1.165, 1.54) is 11.8 Å². The molecule has 1 aromatic carbocycles. The minimum absolute atomic E-state index is 0.0433. The van der Waals surface area contributed by atoms with E-state index in [0.29, 0.717) is 39.3 Å². The fourth-order valence-corrected chi connectivity index (χ4v) is 3.10. The lowest BCUT2D eigenvalue weighted by Crippen LogP contribution is -2.04. The van der Waals surface area contributed by atoms with Crippen molar-refractivity contribution in [3.05, 3.63) is 66.6 Å². The quantitative estimate of drug-likeness (QED) is 0.305. The third-order valence-corrected chi connectivity index (χ3v) is 4.58. The van der Waals surface area contributed by atoms with Gasteiger partial charge in [-0.05, 0) is 48.5 Å². The zero-order valence-electron chi connectivity index (χ0n) is 14.0. The number of ketones is 1. The molecule has 2 N–H and O–H groups in total. The number of hydrogen-bond donors (Lipinski definition) is 1. The van der Waals surface area contributed by atoms with Gasteiger partial charge in [-0.15, -0.1) is 10.2 Å². The van der Waals surface area contributed by atoms with Gasteiger partial charge in [-0.2, -0.15) is 0 Å². The van der Waals surface area contributed by atoms with Gasteiger partial charge in [-0.3, -0.25) is 4.79 Å². The fourth-order valence-electron chi connectivity index (χ4n) is 2.42. The van der Waals surface area contributed by atoms with Crippen molar-refractivity contribution in [3.8, 4) is 22.9 Å². The van der Waals surface area contributed by atoms with Crippen LogP contribution in [0.5, 0.6) is 0 Å². The summed E-state index contributed by atoms with van der Waals surface area (Å²) < 4.78 is 10.9. The molecular formula is C19H14N4O3S. The highest BCUT2D eigenvalue weighted by Crippen LogP contribution is 2.30. The SMILES string of the molecule is Nc1ccc(C(=O)CSc2nnc(-c3ccco3)c(-c3ccco3)n2)cc1. The van der Waals surface area contributed by atoms with E-state index in [4.69, 9.17) is 14.6 Å². The third kappa shape index (κ3) is 3.75. The molecule has 8 heteroatoms. The summed E-state index contributed by atoms with van der Waals surface area (Å²) >= 11 is 1.21. The Kier molecular flexibility index (Phi) is 4.71. The van der Waals surface area contributed by atoms with Gasteiger partial charge < -0.3 is 14.6 Å². The largest absolute Gasteiger partial charge is 0.463 e. The number of thioether (sulfide) groups is 1. The van der Waals surface area contributed by atoms with Crippen molar-refractivity contribution in [1.82, 2.24) is 15.2 Å². The number of nitrogen functional groups attached to an aromatic ring is 1. The van der Waals surface area contributed by atoms with Crippen molar-refractivity contribution in [2.45, 2.75) is 5.16 Å². The Labute approximate surface area is 158 Å². The predicted molar refractivity (Wildman–Crippen MR) is 101 cm³/mol. The molecule has 0 spiro atoms. The Balaban J connectivity index is 1.58. The summed E-state index contributed by atoms with van der Waals surface area (Å²) in [4.78, 5) is 16.8. The molecule has 0 aliphatic rings. The van der Waals surface area contributed by atoms with Crippen molar-refractivity contribution in [2.24, 2.45) is 0 Å². The average Bonchev–Trinajstić information content (AvgIpc) is 3.40. The molecule has 4 rings (SSSR count). The predicted octanol–water partition coefficient (Wildman–Crippen LogP) is 3.95. The summed E-state index contributed by atoms with van der Waals surface area (Å²) in [5.74, 6) is 1.22. The number of Topliss-reactive ketones (excluding diaryl/α,β-unsaturated/α-hetero) is 1. The van der Waals surface area contributed by atoms with Gasteiger partial charge >= 0.3 is 0 Å². The van der Waals surface area contributed by atoms with Crippen LogP contribution in [0.2, 0.25) is 0 Å². The van der Waals surface area contributed by atoms with Crippen molar-refractivity contribution >= 4 is 23.2 Å². The van der Waals surface area contributed by atoms with Gasteiger partial charge in [0.1, 0.15) is 5.69 Å². The lowest BCUT2D eigenvalue weighted by molar-refractivity contribution is 0.102. The van der Waals surface area contributed by atoms with E-state index in [1.54, 1.807) is 61.1 Å². The van der Waals surface area contributed by atoms with E-state index in [-0.39, 0.29) is 11.5 Å². The number of carbonyl (C=O) groups is 1. The molecule has 3 aromatic heterocycles. The molecule has 7 nitrogen and oxygen atoms in total. The first kappa shape index (κ1) is 17.0. The smallest absolute Gasteiger partial charge is 0.210 e. The highest BCUT2D eigenvalue weighted by Gasteiger charge is 2.18. The van der Waals surface area contributed by atoms with Crippen LogP contribution in [0.1, 0.15) is 10.4 Å². The van der Waals surface area contributed by atoms with Gasteiger partial charge in [0.05, 0.1) is 18.3 Å². The molecule has 0 radical (unpaired) electrons. The number of benzene rings is 1. The van der Waals surface area contributed by atoms with Crippen LogP contribution in [0.4, 0.5) is 5.69 Å². The molecule has 0 saturated carbocycles. The summed E-state index contributed by atoms with van der Waals surface area (Å²) in [7, 11) is 0. The molecule has 0 amide bonds. The maximum absolute atomic E-state index is 12.3. The highest BCUT2D eigenvalue weighted by atomic mass is 32.2. The van der Waals surface area contributed by atoms with E-state index in [2.05, 4.69) is 15.2 Å². The summed E-state index contributed by atoms with van der Waals surface area (Å²) in [5.41, 5.74) is 7.83. The van der Waals surface area contributed by atoms with Gasteiger partial charge in [0, 0.05) is 11.3 Å². The second kappa shape index (κ2) is 7.46. The molecule has 0 fully saturated rings. The van der Waals surface area contributed by atoms with Crippen LogP contribution in [0.15, 0.2) is 75.0 Å². The van der Waals surface area contributed by atoms with Gasteiger partial charge in [0.15, 0.2) is 23.0 Å². The second-order valence-electron chi connectivity index (χ2n) is 5.58.